The van der Waals surface area contributed by atoms with Gasteiger partial charge in [-0.25, -0.2) is 8.42 Å². The molecule has 0 bridgehead atoms. The molecule has 1 aliphatic heterocycles. The van der Waals surface area contributed by atoms with Gasteiger partial charge in [-0.2, -0.15) is 4.31 Å². The highest BCUT2D eigenvalue weighted by Gasteiger charge is 2.22. The van der Waals surface area contributed by atoms with E-state index in [2.05, 4.69) is 10.2 Å². The van der Waals surface area contributed by atoms with Crippen LogP contribution in [0.2, 0.25) is 0 Å². The maximum Gasteiger partial charge on any atom is 0.306 e. The minimum atomic E-state index is -3.11. The quantitative estimate of drug-likeness (QED) is 0.573. The molecule has 1 amide bonds. The molecule has 128 valence electrons. The first-order chi connectivity index (χ1) is 10.3. The number of sulfonamides is 1. The van der Waals surface area contributed by atoms with Gasteiger partial charge in [0.2, 0.25) is 15.9 Å². The molecule has 1 saturated heterocycles. The predicted molar refractivity (Wildman–Crippen MR) is 81.7 cm³/mol. The van der Waals surface area contributed by atoms with Crippen LogP contribution in [-0.4, -0.2) is 81.6 Å². The van der Waals surface area contributed by atoms with Crippen molar-refractivity contribution in [1.29, 1.82) is 0 Å². The summed E-state index contributed by atoms with van der Waals surface area (Å²) < 4.78 is 29.0. The number of hydrogen-bond acceptors (Lipinski definition) is 6. The van der Waals surface area contributed by atoms with E-state index in [4.69, 9.17) is 4.74 Å². The number of amides is 1. The number of carbonyl (C=O) groups is 2. The van der Waals surface area contributed by atoms with Gasteiger partial charge in [0.1, 0.15) is 0 Å². The van der Waals surface area contributed by atoms with Crippen molar-refractivity contribution >= 4 is 21.9 Å². The van der Waals surface area contributed by atoms with Gasteiger partial charge in [0.05, 0.1) is 19.3 Å². The SMILES string of the molecule is CCOC(=O)CCC(=O)NCCN1CCN(S(C)(=O)=O)CC1. The van der Waals surface area contributed by atoms with Crippen LogP contribution < -0.4 is 5.32 Å². The minimum absolute atomic E-state index is 0.0900. The van der Waals surface area contributed by atoms with Gasteiger partial charge in [-0.3, -0.25) is 14.5 Å². The second-order valence-corrected chi connectivity index (χ2v) is 7.14. The third kappa shape index (κ3) is 7.19. The molecule has 8 nitrogen and oxygen atoms in total. The van der Waals surface area contributed by atoms with E-state index in [-0.39, 0.29) is 24.7 Å². The van der Waals surface area contributed by atoms with E-state index in [9.17, 15) is 18.0 Å². The minimum Gasteiger partial charge on any atom is -0.466 e. The Morgan fingerprint density at radius 2 is 1.77 bits per heavy atom. The first kappa shape index (κ1) is 18.9. The molecule has 0 radical (unpaired) electrons. The maximum atomic E-state index is 11.6. The lowest BCUT2D eigenvalue weighted by Gasteiger charge is -2.33. The molecule has 0 saturated carbocycles. The lowest BCUT2D eigenvalue weighted by atomic mass is 10.3. The van der Waals surface area contributed by atoms with Crippen LogP contribution in [0.3, 0.4) is 0 Å². The van der Waals surface area contributed by atoms with Crippen molar-refractivity contribution in [3.05, 3.63) is 0 Å². The van der Waals surface area contributed by atoms with Crippen molar-refractivity contribution in [2.24, 2.45) is 0 Å². The van der Waals surface area contributed by atoms with Crippen molar-refractivity contribution in [2.75, 3.05) is 52.1 Å². The number of piperazine rings is 1. The second-order valence-electron chi connectivity index (χ2n) is 5.16. The summed E-state index contributed by atoms with van der Waals surface area (Å²) in [5.74, 6) is -0.544. The number of esters is 1. The summed E-state index contributed by atoms with van der Waals surface area (Å²) in [6.45, 7) is 5.48. The standard InChI is InChI=1S/C13H25N3O5S/c1-3-21-13(18)5-4-12(17)14-6-7-15-8-10-16(11-9-15)22(2,19)20/h3-11H2,1-2H3,(H,14,17). The molecule has 0 spiro atoms. The summed E-state index contributed by atoms with van der Waals surface area (Å²) >= 11 is 0. The lowest BCUT2D eigenvalue weighted by Crippen LogP contribution is -2.49. The number of ether oxygens (including phenoxy) is 1. The molecule has 1 heterocycles. The van der Waals surface area contributed by atoms with Gasteiger partial charge in [-0.1, -0.05) is 0 Å². The highest BCUT2D eigenvalue weighted by atomic mass is 32.2. The summed E-state index contributed by atoms with van der Waals surface area (Å²) in [5.41, 5.74) is 0. The van der Waals surface area contributed by atoms with Crippen LogP contribution in [0.4, 0.5) is 0 Å². The van der Waals surface area contributed by atoms with E-state index in [1.807, 2.05) is 0 Å². The smallest absolute Gasteiger partial charge is 0.306 e. The van der Waals surface area contributed by atoms with E-state index in [1.165, 1.54) is 10.6 Å². The zero-order chi connectivity index (χ0) is 16.6. The van der Waals surface area contributed by atoms with Gasteiger partial charge in [0.15, 0.2) is 0 Å². The van der Waals surface area contributed by atoms with Crippen LogP contribution in [0.1, 0.15) is 19.8 Å². The van der Waals surface area contributed by atoms with E-state index in [1.54, 1.807) is 6.92 Å². The molecular formula is C13H25N3O5S. The first-order valence-electron chi connectivity index (χ1n) is 7.42. The normalized spacial score (nSPS) is 17.2. The third-order valence-electron chi connectivity index (χ3n) is 3.41. The zero-order valence-corrected chi connectivity index (χ0v) is 14.0. The summed E-state index contributed by atoms with van der Waals surface area (Å²) in [5, 5.41) is 2.75. The Morgan fingerprint density at radius 3 is 2.32 bits per heavy atom. The fraction of sp³-hybridized carbons (Fsp3) is 0.846. The molecule has 22 heavy (non-hydrogen) atoms. The number of carbonyl (C=O) groups excluding carboxylic acids is 2. The van der Waals surface area contributed by atoms with Gasteiger partial charge in [0, 0.05) is 45.7 Å². The zero-order valence-electron chi connectivity index (χ0n) is 13.2. The van der Waals surface area contributed by atoms with E-state index < -0.39 is 10.0 Å². The number of hydrogen-bond donors (Lipinski definition) is 1. The van der Waals surface area contributed by atoms with Crippen molar-refractivity contribution in [1.82, 2.24) is 14.5 Å². The van der Waals surface area contributed by atoms with Gasteiger partial charge < -0.3 is 10.1 Å². The average molecular weight is 335 g/mol. The molecule has 9 heteroatoms. The van der Waals surface area contributed by atoms with Crippen LogP contribution >= 0.6 is 0 Å². The van der Waals surface area contributed by atoms with Gasteiger partial charge in [-0.15, -0.1) is 0 Å². The van der Waals surface area contributed by atoms with E-state index in [0.717, 1.165) is 0 Å². The van der Waals surface area contributed by atoms with E-state index in [0.29, 0.717) is 45.9 Å². The van der Waals surface area contributed by atoms with Crippen molar-refractivity contribution in [3.63, 3.8) is 0 Å². The molecule has 1 aliphatic rings. The van der Waals surface area contributed by atoms with Crippen LogP contribution in [0.5, 0.6) is 0 Å². The Hall–Kier alpha value is -1.19. The number of nitrogens with zero attached hydrogens (tertiary/aromatic N) is 2. The monoisotopic (exact) mass is 335 g/mol. The molecular weight excluding hydrogens is 310 g/mol. The summed E-state index contributed by atoms with van der Waals surface area (Å²) in [4.78, 5) is 24.8. The van der Waals surface area contributed by atoms with Gasteiger partial charge in [-0.05, 0) is 6.92 Å². The topological polar surface area (TPSA) is 96.0 Å². The largest absolute Gasteiger partial charge is 0.466 e. The summed E-state index contributed by atoms with van der Waals surface area (Å²) in [7, 11) is -3.11. The fourth-order valence-corrected chi connectivity index (χ4v) is 3.00. The second kappa shape index (κ2) is 9.06. The first-order valence-corrected chi connectivity index (χ1v) is 9.27. The molecule has 0 aliphatic carbocycles. The number of rotatable bonds is 8. The predicted octanol–water partition coefficient (Wildman–Crippen LogP) is -0.977. The molecule has 0 aromatic heterocycles. The number of nitrogens with one attached hydrogen (secondary N) is 1. The van der Waals surface area contributed by atoms with Crippen LogP contribution in [0, 0.1) is 0 Å². The Morgan fingerprint density at radius 1 is 1.14 bits per heavy atom. The highest BCUT2D eigenvalue weighted by molar-refractivity contribution is 7.88. The van der Waals surface area contributed by atoms with Crippen molar-refractivity contribution in [2.45, 2.75) is 19.8 Å². The van der Waals surface area contributed by atoms with Crippen molar-refractivity contribution in [3.8, 4) is 0 Å². The molecule has 0 aromatic carbocycles. The van der Waals surface area contributed by atoms with Crippen LogP contribution in [0.15, 0.2) is 0 Å². The Labute approximate surface area is 131 Å². The Kier molecular flexibility index (Phi) is 7.77. The Balaban J connectivity index is 2.13. The molecule has 0 aromatic rings. The van der Waals surface area contributed by atoms with E-state index >= 15 is 0 Å². The molecule has 1 N–H and O–H groups in total. The molecule has 1 rings (SSSR count). The summed E-state index contributed by atoms with van der Waals surface area (Å²) in [6.07, 6.45) is 1.43. The maximum absolute atomic E-state index is 11.6. The lowest BCUT2D eigenvalue weighted by molar-refractivity contribution is -0.144. The Bertz CT molecular complexity index is 472. The van der Waals surface area contributed by atoms with Gasteiger partial charge >= 0.3 is 5.97 Å². The molecule has 1 fully saturated rings. The molecule has 0 atom stereocenters. The van der Waals surface area contributed by atoms with Crippen molar-refractivity contribution < 1.29 is 22.7 Å². The molecule has 0 unspecified atom stereocenters. The summed E-state index contributed by atoms with van der Waals surface area (Å²) in [6, 6.07) is 0. The third-order valence-corrected chi connectivity index (χ3v) is 4.72. The highest BCUT2D eigenvalue weighted by Crippen LogP contribution is 2.05. The van der Waals surface area contributed by atoms with Crippen LogP contribution in [0.25, 0.3) is 0 Å². The van der Waals surface area contributed by atoms with Crippen LogP contribution in [-0.2, 0) is 24.3 Å². The fourth-order valence-electron chi connectivity index (χ4n) is 2.18. The van der Waals surface area contributed by atoms with Gasteiger partial charge in [0.25, 0.3) is 0 Å². The average Bonchev–Trinajstić information content (AvgIpc) is 2.45.